The van der Waals surface area contributed by atoms with Gasteiger partial charge in [0.05, 0.1) is 6.61 Å². The monoisotopic (exact) mass is 270 g/mol. The van der Waals surface area contributed by atoms with Gasteiger partial charge in [0.15, 0.2) is 0 Å². The maximum atomic E-state index is 5.62. The smallest absolute Gasteiger partial charge is 0.0506 e. The van der Waals surface area contributed by atoms with Crippen molar-refractivity contribution in [2.24, 2.45) is 5.92 Å². The summed E-state index contributed by atoms with van der Waals surface area (Å²) in [6.45, 7) is 6.11. The maximum absolute atomic E-state index is 5.62. The molecule has 2 heteroatoms. The van der Waals surface area contributed by atoms with Crippen LogP contribution >= 0.6 is 15.9 Å². The average molecular weight is 271 g/mol. The summed E-state index contributed by atoms with van der Waals surface area (Å²) in [7, 11) is 0. The number of benzene rings is 1. The van der Waals surface area contributed by atoms with Crippen LogP contribution in [0.25, 0.3) is 0 Å². The highest BCUT2D eigenvalue weighted by molar-refractivity contribution is 9.10. The van der Waals surface area contributed by atoms with E-state index in [4.69, 9.17) is 4.74 Å². The molecule has 0 spiro atoms. The van der Waals surface area contributed by atoms with Gasteiger partial charge in [-0.25, -0.2) is 0 Å². The summed E-state index contributed by atoms with van der Waals surface area (Å²) < 4.78 is 6.80. The zero-order chi connectivity index (χ0) is 11.1. The van der Waals surface area contributed by atoms with E-state index in [9.17, 15) is 0 Å². The molecule has 0 amide bonds. The van der Waals surface area contributed by atoms with E-state index in [-0.39, 0.29) is 0 Å². The molecule has 0 aliphatic rings. The zero-order valence-electron chi connectivity index (χ0n) is 9.50. The predicted octanol–water partition coefficient (Wildman–Crippen LogP) is 4.05. The molecule has 1 atom stereocenters. The van der Waals surface area contributed by atoms with Crippen LogP contribution in [-0.2, 0) is 11.2 Å². The van der Waals surface area contributed by atoms with Crippen LogP contribution in [0.15, 0.2) is 28.7 Å². The van der Waals surface area contributed by atoms with Gasteiger partial charge in [-0.15, -0.1) is 0 Å². The number of hydrogen-bond donors (Lipinski definition) is 0. The van der Waals surface area contributed by atoms with Gasteiger partial charge in [0, 0.05) is 11.1 Å². The van der Waals surface area contributed by atoms with E-state index in [1.165, 1.54) is 16.5 Å². The Balaban J connectivity index is 2.23. The quantitative estimate of drug-likeness (QED) is 0.709. The Kier molecular flexibility index (Phi) is 5.96. The normalized spacial score (nSPS) is 12.7. The molecule has 1 unspecified atom stereocenters. The molecule has 84 valence electrons. The maximum Gasteiger partial charge on any atom is 0.0506 e. The highest BCUT2D eigenvalue weighted by Crippen LogP contribution is 2.16. The largest absolute Gasteiger partial charge is 0.381 e. The molecule has 1 aromatic carbocycles. The summed E-state index contributed by atoms with van der Waals surface area (Å²) in [4.78, 5) is 0. The minimum atomic E-state index is 0.671. The summed E-state index contributed by atoms with van der Waals surface area (Å²) in [5, 5.41) is 0. The average Bonchev–Trinajstić information content (AvgIpc) is 2.26. The Morgan fingerprint density at radius 2 is 2.07 bits per heavy atom. The van der Waals surface area contributed by atoms with Crippen LogP contribution in [0.1, 0.15) is 25.8 Å². The molecule has 0 aliphatic carbocycles. The summed E-state index contributed by atoms with van der Waals surface area (Å²) in [6.07, 6.45) is 2.17. The number of rotatable bonds is 6. The highest BCUT2D eigenvalue weighted by Gasteiger charge is 2.00. The summed E-state index contributed by atoms with van der Waals surface area (Å²) in [5.41, 5.74) is 1.32. The van der Waals surface area contributed by atoms with E-state index in [1.807, 2.05) is 6.07 Å². The highest BCUT2D eigenvalue weighted by atomic mass is 79.9. The van der Waals surface area contributed by atoms with Gasteiger partial charge >= 0.3 is 0 Å². The Bertz CT molecular complexity index is 286. The van der Waals surface area contributed by atoms with Crippen LogP contribution in [0.4, 0.5) is 0 Å². The number of ether oxygens (including phenoxy) is 1. The summed E-state index contributed by atoms with van der Waals surface area (Å²) in [5.74, 6) is 0.671. The van der Waals surface area contributed by atoms with Crippen molar-refractivity contribution < 1.29 is 4.74 Å². The van der Waals surface area contributed by atoms with Crippen LogP contribution in [0, 0.1) is 5.92 Å². The second-order valence-electron chi connectivity index (χ2n) is 3.93. The van der Waals surface area contributed by atoms with E-state index < -0.39 is 0 Å². The van der Waals surface area contributed by atoms with E-state index in [0.29, 0.717) is 5.92 Å². The third-order valence-corrected chi connectivity index (χ3v) is 3.35. The summed E-state index contributed by atoms with van der Waals surface area (Å²) in [6, 6.07) is 8.31. The number of hydrogen-bond acceptors (Lipinski definition) is 1. The molecule has 0 radical (unpaired) electrons. The molecular weight excluding hydrogens is 252 g/mol. The predicted molar refractivity (Wildman–Crippen MR) is 68.1 cm³/mol. The molecule has 0 fully saturated rings. The first-order chi connectivity index (χ1) is 7.24. The van der Waals surface area contributed by atoms with E-state index in [2.05, 4.69) is 48.0 Å². The van der Waals surface area contributed by atoms with Crippen LogP contribution < -0.4 is 0 Å². The van der Waals surface area contributed by atoms with Crippen molar-refractivity contribution in [3.63, 3.8) is 0 Å². The van der Waals surface area contributed by atoms with Crippen molar-refractivity contribution in [1.29, 1.82) is 0 Å². The fraction of sp³-hybridized carbons (Fsp3) is 0.538. The van der Waals surface area contributed by atoms with Crippen molar-refractivity contribution in [3.05, 3.63) is 34.3 Å². The van der Waals surface area contributed by atoms with Gasteiger partial charge < -0.3 is 4.74 Å². The molecular formula is C13H19BrO. The lowest BCUT2D eigenvalue weighted by Gasteiger charge is -2.09. The Morgan fingerprint density at radius 1 is 1.33 bits per heavy atom. The Morgan fingerprint density at radius 3 is 2.73 bits per heavy atom. The third-order valence-electron chi connectivity index (χ3n) is 2.57. The molecule has 0 N–H and O–H groups in total. The minimum absolute atomic E-state index is 0.671. The first kappa shape index (κ1) is 12.7. The van der Waals surface area contributed by atoms with Crippen molar-refractivity contribution in [2.75, 3.05) is 13.2 Å². The van der Waals surface area contributed by atoms with Crippen molar-refractivity contribution in [1.82, 2.24) is 0 Å². The van der Waals surface area contributed by atoms with Gasteiger partial charge in [0.2, 0.25) is 0 Å². The van der Waals surface area contributed by atoms with Crippen LogP contribution in [-0.4, -0.2) is 13.2 Å². The van der Waals surface area contributed by atoms with Gasteiger partial charge in [-0.3, -0.25) is 0 Å². The molecule has 0 aliphatic heterocycles. The molecule has 1 aromatic rings. The van der Waals surface area contributed by atoms with Crippen molar-refractivity contribution in [3.8, 4) is 0 Å². The second-order valence-corrected chi connectivity index (χ2v) is 4.78. The molecule has 0 bridgehead atoms. The van der Waals surface area contributed by atoms with Crippen molar-refractivity contribution >= 4 is 15.9 Å². The first-order valence-corrected chi connectivity index (χ1v) is 6.34. The molecule has 0 heterocycles. The molecule has 1 nitrogen and oxygen atoms in total. The van der Waals surface area contributed by atoms with Crippen LogP contribution in [0.3, 0.4) is 0 Å². The SMILES string of the molecule is CCC(C)COCCc1ccccc1Br. The summed E-state index contributed by atoms with van der Waals surface area (Å²) >= 11 is 3.54. The van der Waals surface area contributed by atoms with Gasteiger partial charge in [-0.2, -0.15) is 0 Å². The molecule has 0 aromatic heterocycles. The fourth-order valence-electron chi connectivity index (χ4n) is 1.29. The second kappa shape index (κ2) is 7.02. The minimum Gasteiger partial charge on any atom is -0.381 e. The van der Waals surface area contributed by atoms with E-state index >= 15 is 0 Å². The standard InChI is InChI=1S/C13H19BrO/c1-3-11(2)10-15-9-8-12-6-4-5-7-13(12)14/h4-7,11H,3,8-10H2,1-2H3. The molecule has 0 saturated heterocycles. The lowest BCUT2D eigenvalue weighted by molar-refractivity contribution is 0.106. The fourth-order valence-corrected chi connectivity index (χ4v) is 1.77. The molecule has 1 rings (SSSR count). The molecule has 0 saturated carbocycles. The van der Waals surface area contributed by atoms with E-state index in [0.717, 1.165) is 19.6 Å². The topological polar surface area (TPSA) is 9.23 Å². The third kappa shape index (κ3) is 4.80. The van der Waals surface area contributed by atoms with Gasteiger partial charge in [-0.1, -0.05) is 54.4 Å². The zero-order valence-corrected chi connectivity index (χ0v) is 11.1. The lowest BCUT2D eigenvalue weighted by atomic mass is 10.1. The Hall–Kier alpha value is -0.340. The van der Waals surface area contributed by atoms with Crippen LogP contribution in [0.5, 0.6) is 0 Å². The lowest BCUT2D eigenvalue weighted by Crippen LogP contribution is -2.07. The van der Waals surface area contributed by atoms with Crippen LogP contribution in [0.2, 0.25) is 0 Å². The van der Waals surface area contributed by atoms with Gasteiger partial charge in [0.25, 0.3) is 0 Å². The Labute approximate surface area is 101 Å². The van der Waals surface area contributed by atoms with Crippen molar-refractivity contribution in [2.45, 2.75) is 26.7 Å². The first-order valence-electron chi connectivity index (χ1n) is 5.55. The van der Waals surface area contributed by atoms with Gasteiger partial charge in [-0.05, 0) is 24.0 Å². The van der Waals surface area contributed by atoms with E-state index in [1.54, 1.807) is 0 Å². The number of halogens is 1. The molecule has 15 heavy (non-hydrogen) atoms. The van der Waals surface area contributed by atoms with Gasteiger partial charge in [0.1, 0.15) is 0 Å².